The Morgan fingerprint density at radius 1 is 1.05 bits per heavy atom. The minimum atomic E-state index is -0.393. The van der Waals surface area contributed by atoms with Crippen molar-refractivity contribution in [2.75, 3.05) is 5.73 Å². The zero-order chi connectivity index (χ0) is 13.2. The Hall–Kier alpha value is -2.62. The van der Waals surface area contributed by atoms with Crippen LogP contribution in [0.4, 0.5) is 10.1 Å². The van der Waals surface area contributed by atoms with E-state index < -0.39 is 5.82 Å². The Kier molecular flexibility index (Phi) is 2.76. The maximum Gasteiger partial charge on any atom is 0.227 e. The van der Waals surface area contributed by atoms with Gasteiger partial charge in [0.1, 0.15) is 5.82 Å². The summed E-state index contributed by atoms with van der Waals surface area (Å²) < 4.78 is 18.7. The lowest BCUT2D eigenvalue weighted by Crippen LogP contribution is -1.95. The van der Waals surface area contributed by atoms with E-state index in [0.29, 0.717) is 11.6 Å². The van der Waals surface area contributed by atoms with Crippen molar-refractivity contribution in [3.8, 4) is 11.6 Å². The van der Waals surface area contributed by atoms with Crippen molar-refractivity contribution >= 4 is 16.5 Å². The van der Waals surface area contributed by atoms with Gasteiger partial charge in [-0.05, 0) is 29.7 Å². The molecule has 0 atom stereocenters. The number of ether oxygens (including phenoxy) is 1. The molecule has 0 saturated carbocycles. The molecule has 2 aromatic carbocycles. The van der Waals surface area contributed by atoms with Crippen LogP contribution in [-0.4, -0.2) is 4.98 Å². The lowest BCUT2D eigenvalue weighted by molar-refractivity contribution is 0.470. The summed E-state index contributed by atoms with van der Waals surface area (Å²) in [5.41, 5.74) is 5.97. The molecule has 0 radical (unpaired) electrons. The fourth-order valence-corrected chi connectivity index (χ4v) is 1.89. The van der Waals surface area contributed by atoms with Crippen LogP contribution in [0.3, 0.4) is 0 Å². The summed E-state index contributed by atoms with van der Waals surface area (Å²) in [5.74, 6) is 0.456. The highest BCUT2D eigenvalue weighted by Crippen LogP contribution is 2.31. The van der Waals surface area contributed by atoms with E-state index >= 15 is 0 Å². The molecule has 3 aromatic rings. The monoisotopic (exact) mass is 254 g/mol. The Morgan fingerprint density at radius 3 is 2.74 bits per heavy atom. The van der Waals surface area contributed by atoms with Gasteiger partial charge < -0.3 is 10.5 Å². The Balaban J connectivity index is 2.06. The molecule has 0 bridgehead atoms. The van der Waals surface area contributed by atoms with Crippen molar-refractivity contribution in [1.82, 2.24) is 4.98 Å². The average Bonchev–Trinajstić information content (AvgIpc) is 2.42. The molecule has 1 aromatic heterocycles. The maximum atomic E-state index is 13.0. The van der Waals surface area contributed by atoms with E-state index in [2.05, 4.69) is 4.98 Å². The number of aromatic nitrogens is 1. The highest BCUT2D eigenvalue weighted by atomic mass is 19.1. The Labute approximate surface area is 109 Å². The van der Waals surface area contributed by atoms with E-state index in [1.54, 1.807) is 6.20 Å². The quantitative estimate of drug-likeness (QED) is 0.708. The topological polar surface area (TPSA) is 48.1 Å². The third-order valence-corrected chi connectivity index (χ3v) is 2.82. The van der Waals surface area contributed by atoms with Crippen molar-refractivity contribution in [3.05, 3.63) is 60.5 Å². The number of halogens is 1. The zero-order valence-electron chi connectivity index (χ0n) is 10.0. The molecule has 0 amide bonds. The molecule has 3 rings (SSSR count). The predicted octanol–water partition coefficient (Wildman–Crippen LogP) is 3.75. The number of anilines is 1. The van der Waals surface area contributed by atoms with E-state index in [1.165, 1.54) is 18.2 Å². The molecule has 0 aliphatic rings. The molecule has 0 fully saturated rings. The number of hydrogen-bond donors (Lipinski definition) is 1. The van der Waals surface area contributed by atoms with Crippen LogP contribution in [0.1, 0.15) is 0 Å². The van der Waals surface area contributed by atoms with Gasteiger partial charge in [-0.2, -0.15) is 0 Å². The summed E-state index contributed by atoms with van der Waals surface area (Å²) >= 11 is 0. The van der Waals surface area contributed by atoms with Crippen molar-refractivity contribution < 1.29 is 9.13 Å². The number of rotatable bonds is 2. The number of benzene rings is 2. The van der Waals surface area contributed by atoms with Crippen LogP contribution in [0.25, 0.3) is 10.8 Å². The van der Waals surface area contributed by atoms with Gasteiger partial charge in [-0.3, -0.25) is 0 Å². The van der Waals surface area contributed by atoms with Crippen LogP contribution >= 0.6 is 0 Å². The van der Waals surface area contributed by atoms with Crippen molar-refractivity contribution in [2.24, 2.45) is 0 Å². The van der Waals surface area contributed by atoms with Crippen LogP contribution in [-0.2, 0) is 0 Å². The van der Waals surface area contributed by atoms with Gasteiger partial charge in [-0.15, -0.1) is 0 Å². The summed E-state index contributed by atoms with van der Waals surface area (Å²) in [6, 6.07) is 13.7. The summed E-state index contributed by atoms with van der Waals surface area (Å²) in [5, 5.41) is 1.90. The first kappa shape index (κ1) is 11.5. The first-order valence-corrected chi connectivity index (χ1v) is 5.81. The first-order valence-electron chi connectivity index (χ1n) is 5.81. The van der Waals surface area contributed by atoms with Crippen LogP contribution in [0.5, 0.6) is 11.6 Å². The van der Waals surface area contributed by atoms with Gasteiger partial charge in [-0.1, -0.05) is 18.2 Å². The molecule has 2 N–H and O–H groups in total. The second-order valence-corrected chi connectivity index (χ2v) is 4.12. The van der Waals surface area contributed by atoms with Gasteiger partial charge in [0.2, 0.25) is 5.88 Å². The lowest BCUT2D eigenvalue weighted by Gasteiger charge is -2.09. The molecular weight excluding hydrogens is 243 g/mol. The smallest absolute Gasteiger partial charge is 0.227 e. The minimum Gasteiger partial charge on any atom is -0.436 e. The second-order valence-electron chi connectivity index (χ2n) is 4.12. The number of fused-ring (bicyclic) bond motifs is 1. The summed E-state index contributed by atoms with van der Waals surface area (Å²) in [6.07, 6.45) is 1.66. The van der Waals surface area contributed by atoms with E-state index in [1.807, 2.05) is 30.3 Å². The van der Waals surface area contributed by atoms with E-state index in [-0.39, 0.29) is 5.69 Å². The third-order valence-electron chi connectivity index (χ3n) is 2.82. The van der Waals surface area contributed by atoms with Gasteiger partial charge in [0.05, 0.1) is 5.69 Å². The standard InChI is InChI=1S/C15H11FN2O/c16-11-5-6-14(13(17)9-11)19-15-12-4-2-1-3-10(12)7-8-18-15/h1-9H,17H2. The molecule has 94 valence electrons. The Bertz CT molecular complexity index is 738. The maximum absolute atomic E-state index is 13.0. The molecule has 0 aliphatic heterocycles. The molecule has 0 aliphatic carbocycles. The Morgan fingerprint density at radius 2 is 1.89 bits per heavy atom. The van der Waals surface area contributed by atoms with Gasteiger partial charge in [-0.25, -0.2) is 9.37 Å². The first-order chi connectivity index (χ1) is 9.24. The molecule has 0 spiro atoms. The zero-order valence-corrected chi connectivity index (χ0v) is 10.0. The van der Waals surface area contributed by atoms with E-state index in [4.69, 9.17) is 10.5 Å². The molecule has 0 unspecified atom stereocenters. The molecule has 3 nitrogen and oxygen atoms in total. The van der Waals surface area contributed by atoms with Gasteiger partial charge in [0.25, 0.3) is 0 Å². The fraction of sp³-hybridized carbons (Fsp3) is 0. The molecular formula is C15H11FN2O. The van der Waals surface area contributed by atoms with Gasteiger partial charge >= 0.3 is 0 Å². The van der Waals surface area contributed by atoms with E-state index in [0.717, 1.165) is 10.8 Å². The van der Waals surface area contributed by atoms with Crippen LogP contribution in [0.15, 0.2) is 54.7 Å². The largest absolute Gasteiger partial charge is 0.436 e. The molecule has 1 heterocycles. The number of pyridine rings is 1. The predicted molar refractivity (Wildman–Crippen MR) is 72.6 cm³/mol. The van der Waals surface area contributed by atoms with Gasteiger partial charge in [0, 0.05) is 17.6 Å². The highest BCUT2D eigenvalue weighted by molar-refractivity contribution is 5.86. The van der Waals surface area contributed by atoms with Crippen LogP contribution in [0.2, 0.25) is 0 Å². The summed E-state index contributed by atoms with van der Waals surface area (Å²) in [6.45, 7) is 0. The van der Waals surface area contributed by atoms with Crippen molar-refractivity contribution in [1.29, 1.82) is 0 Å². The SMILES string of the molecule is Nc1cc(F)ccc1Oc1nccc2ccccc12. The normalized spacial score (nSPS) is 10.6. The number of nitrogens with two attached hydrogens (primary N) is 1. The fourth-order valence-electron chi connectivity index (χ4n) is 1.89. The van der Waals surface area contributed by atoms with Crippen LogP contribution < -0.4 is 10.5 Å². The minimum absolute atomic E-state index is 0.245. The van der Waals surface area contributed by atoms with Crippen LogP contribution in [0, 0.1) is 5.82 Å². The average molecular weight is 254 g/mol. The van der Waals surface area contributed by atoms with E-state index in [9.17, 15) is 4.39 Å². The third kappa shape index (κ3) is 2.20. The second kappa shape index (κ2) is 4.57. The molecule has 4 heteroatoms. The summed E-state index contributed by atoms with van der Waals surface area (Å²) in [4.78, 5) is 4.19. The summed E-state index contributed by atoms with van der Waals surface area (Å²) in [7, 11) is 0. The van der Waals surface area contributed by atoms with Gasteiger partial charge in [0.15, 0.2) is 5.75 Å². The number of nitrogen functional groups attached to an aromatic ring is 1. The molecule has 0 saturated heterocycles. The van der Waals surface area contributed by atoms with Crippen molar-refractivity contribution in [2.45, 2.75) is 0 Å². The molecule has 19 heavy (non-hydrogen) atoms. The highest BCUT2D eigenvalue weighted by Gasteiger charge is 2.07. The van der Waals surface area contributed by atoms with Crippen molar-refractivity contribution in [3.63, 3.8) is 0 Å². The number of hydrogen-bond acceptors (Lipinski definition) is 3. The number of nitrogens with zero attached hydrogens (tertiary/aromatic N) is 1. The lowest BCUT2D eigenvalue weighted by atomic mass is 10.2.